The first kappa shape index (κ1) is 31.4. The molecule has 2 heterocycles. The summed E-state index contributed by atoms with van der Waals surface area (Å²) in [4.78, 5) is 16.4. The molecule has 9 heteroatoms. The van der Waals surface area contributed by atoms with E-state index in [0.717, 1.165) is 16.5 Å². The minimum Gasteiger partial charge on any atom is -0.489 e. The van der Waals surface area contributed by atoms with Gasteiger partial charge >= 0.3 is 5.97 Å². The van der Waals surface area contributed by atoms with E-state index >= 15 is 4.39 Å². The third-order valence-corrected chi connectivity index (χ3v) is 8.74. The second-order valence-corrected chi connectivity index (χ2v) is 13.5. The van der Waals surface area contributed by atoms with E-state index in [1.807, 2.05) is 64.1 Å². The van der Waals surface area contributed by atoms with Gasteiger partial charge in [-0.25, -0.2) is 4.39 Å². The van der Waals surface area contributed by atoms with Crippen molar-refractivity contribution in [1.29, 1.82) is 0 Å². The molecule has 4 rings (SSSR count). The van der Waals surface area contributed by atoms with Gasteiger partial charge < -0.3 is 19.0 Å². The van der Waals surface area contributed by atoms with E-state index in [4.69, 9.17) is 13.9 Å². The fourth-order valence-corrected chi connectivity index (χ4v) is 5.61. The molecule has 0 aliphatic carbocycles. The molecule has 4 aromatic rings. The van der Waals surface area contributed by atoms with Crippen molar-refractivity contribution < 1.29 is 32.4 Å². The first-order chi connectivity index (χ1) is 20.0. The number of furan rings is 1. The van der Waals surface area contributed by atoms with E-state index in [2.05, 4.69) is 4.98 Å². The quantitative estimate of drug-likeness (QED) is 0.193. The van der Waals surface area contributed by atoms with Gasteiger partial charge in [0.2, 0.25) is 0 Å². The highest BCUT2D eigenvalue weighted by molar-refractivity contribution is 7.86. The molecule has 0 radical (unpaired) electrons. The third-order valence-electron chi connectivity index (χ3n) is 6.80. The van der Waals surface area contributed by atoms with Gasteiger partial charge in [0.25, 0.3) is 0 Å². The Morgan fingerprint density at radius 3 is 2.60 bits per heavy atom. The molecule has 2 aromatic heterocycles. The van der Waals surface area contributed by atoms with Crippen LogP contribution < -0.4 is 4.74 Å². The Balaban J connectivity index is 1.70. The number of ether oxygens (including phenoxy) is 2. The predicted molar refractivity (Wildman–Crippen MR) is 163 cm³/mol. The number of carbonyl (C=O) groups excluding carboxylic acids is 1. The van der Waals surface area contributed by atoms with E-state index < -0.39 is 21.4 Å². The summed E-state index contributed by atoms with van der Waals surface area (Å²) in [6.45, 7) is 9.77. The smallest absolute Gasteiger partial charge is 0.310 e. The summed E-state index contributed by atoms with van der Waals surface area (Å²) in [6, 6.07) is 12.8. The van der Waals surface area contributed by atoms with E-state index in [9.17, 15) is 14.1 Å². The van der Waals surface area contributed by atoms with Crippen LogP contribution in [0.5, 0.6) is 5.75 Å². The first-order valence-electron chi connectivity index (χ1n) is 14.1. The van der Waals surface area contributed by atoms with Crippen LogP contribution in [0.1, 0.15) is 55.8 Å². The average Bonchev–Trinajstić information content (AvgIpc) is 3.34. The standard InChI is InChI=1S/C33H38FNO6S/c1-6-39-30(37)19-23-8-7-21(2)15-29(23)40-20-22-16-24-18-25(10-13-36)41-32(24)27(17-22)26-9-12-35-28(31(26)34)11-14-42(38)33(3,4)5/h7-9,12,15-18,36H,6,10-11,13-14,19-20H2,1-5H3/t42-/m1/s1. The number of halogens is 1. The SMILES string of the molecule is CCOC(=O)Cc1ccc(C)cc1OCc1cc(-c2ccnc(CC[S@@](=O)C(C)(C)C)c2F)c2oc(CCO)cc2c1. The number of hydrogen-bond donors (Lipinski definition) is 1. The number of carbonyl (C=O) groups is 1. The van der Waals surface area contributed by atoms with E-state index in [0.29, 0.717) is 52.6 Å². The second-order valence-electron chi connectivity index (χ2n) is 11.2. The fourth-order valence-electron chi connectivity index (χ4n) is 4.62. The molecule has 1 atom stereocenters. The number of fused-ring (bicyclic) bond motifs is 1. The Labute approximate surface area is 248 Å². The lowest BCUT2D eigenvalue weighted by atomic mass is 9.99. The molecule has 0 saturated heterocycles. The molecule has 224 valence electrons. The first-order valence-corrected chi connectivity index (χ1v) is 15.4. The van der Waals surface area contributed by atoms with Crippen molar-refractivity contribution >= 4 is 27.7 Å². The van der Waals surface area contributed by atoms with Gasteiger partial charge in [0, 0.05) is 62.4 Å². The molecule has 0 spiro atoms. The van der Waals surface area contributed by atoms with Crippen LogP contribution in [0.3, 0.4) is 0 Å². The predicted octanol–water partition coefficient (Wildman–Crippen LogP) is 6.25. The maximum Gasteiger partial charge on any atom is 0.310 e. The Hall–Kier alpha value is -3.56. The summed E-state index contributed by atoms with van der Waals surface area (Å²) in [6.07, 6.45) is 2.20. The van der Waals surface area contributed by atoms with Gasteiger partial charge in [-0.05, 0) is 76.1 Å². The number of pyridine rings is 1. The molecule has 0 saturated carbocycles. The maximum absolute atomic E-state index is 15.9. The van der Waals surface area contributed by atoms with Gasteiger partial charge in [0.05, 0.1) is 25.3 Å². The summed E-state index contributed by atoms with van der Waals surface area (Å²) in [5.74, 6) is 0.629. The second kappa shape index (κ2) is 13.6. The minimum atomic E-state index is -1.15. The highest BCUT2D eigenvalue weighted by Gasteiger charge is 2.22. The molecule has 0 aliphatic rings. The van der Waals surface area contributed by atoms with Crippen LogP contribution >= 0.6 is 0 Å². The zero-order valence-corrected chi connectivity index (χ0v) is 25.6. The lowest BCUT2D eigenvalue weighted by molar-refractivity contribution is -0.142. The van der Waals surface area contributed by atoms with Crippen molar-refractivity contribution in [2.24, 2.45) is 0 Å². The largest absolute Gasteiger partial charge is 0.489 e. The summed E-state index contributed by atoms with van der Waals surface area (Å²) in [5, 5.41) is 10.2. The number of aromatic nitrogens is 1. The summed E-state index contributed by atoms with van der Waals surface area (Å²) < 4.78 is 45.5. The Kier molecular flexibility index (Phi) is 10.2. The van der Waals surface area contributed by atoms with Crippen molar-refractivity contribution in [1.82, 2.24) is 4.98 Å². The lowest BCUT2D eigenvalue weighted by Gasteiger charge is -2.17. The summed E-state index contributed by atoms with van der Waals surface area (Å²) in [5.41, 5.74) is 4.05. The normalized spacial score (nSPS) is 12.5. The fraction of sp³-hybridized carbons (Fsp3) is 0.394. The molecule has 42 heavy (non-hydrogen) atoms. The third kappa shape index (κ3) is 7.63. The van der Waals surface area contributed by atoms with Crippen LogP contribution in [0.15, 0.2) is 53.1 Å². The minimum absolute atomic E-state index is 0.0829. The Morgan fingerprint density at radius 2 is 1.88 bits per heavy atom. The number of esters is 1. The number of aryl methyl sites for hydroxylation is 2. The molecular weight excluding hydrogens is 557 g/mol. The number of aliphatic hydroxyl groups excluding tert-OH is 1. The van der Waals surface area contributed by atoms with Crippen molar-refractivity contribution in [3.05, 3.63) is 82.6 Å². The van der Waals surface area contributed by atoms with Gasteiger partial charge in [-0.15, -0.1) is 0 Å². The average molecular weight is 596 g/mol. The Morgan fingerprint density at radius 1 is 1.10 bits per heavy atom. The van der Waals surface area contributed by atoms with E-state index in [1.54, 1.807) is 19.2 Å². The molecule has 2 aromatic carbocycles. The number of rotatable bonds is 12. The van der Waals surface area contributed by atoms with Crippen molar-refractivity contribution in [2.75, 3.05) is 19.0 Å². The Bertz CT molecular complexity index is 1590. The van der Waals surface area contributed by atoms with Crippen LogP contribution in [-0.4, -0.2) is 44.0 Å². The lowest BCUT2D eigenvalue weighted by Crippen LogP contribution is -2.25. The van der Waals surface area contributed by atoms with Crippen LogP contribution in [-0.2, 0) is 46.2 Å². The van der Waals surface area contributed by atoms with Gasteiger partial charge in [-0.3, -0.25) is 14.0 Å². The zero-order valence-electron chi connectivity index (χ0n) is 24.8. The highest BCUT2D eigenvalue weighted by Crippen LogP contribution is 2.35. The maximum atomic E-state index is 15.9. The van der Waals surface area contributed by atoms with Crippen molar-refractivity contribution in [2.45, 2.75) is 65.2 Å². The van der Waals surface area contributed by atoms with Gasteiger partial charge in [-0.2, -0.15) is 0 Å². The topological polar surface area (TPSA) is 98.9 Å². The monoisotopic (exact) mass is 595 g/mol. The van der Waals surface area contributed by atoms with Crippen LogP contribution in [0.25, 0.3) is 22.1 Å². The van der Waals surface area contributed by atoms with Gasteiger partial charge in [0.1, 0.15) is 23.7 Å². The molecule has 7 nitrogen and oxygen atoms in total. The number of benzene rings is 2. The van der Waals surface area contributed by atoms with Crippen molar-refractivity contribution in [3.8, 4) is 16.9 Å². The van der Waals surface area contributed by atoms with Crippen LogP contribution in [0, 0.1) is 12.7 Å². The number of hydrogen-bond acceptors (Lipinski definition) is 7. The zero-order chi connectivity index (χ0) is 30.4. The van der Waals surface area contributed by atoms with Gasteiger partial charge in [0.15, 0.2) is 5.82 Å². The molecule has 0 bridgehead atoms. The molecule has 1 N–H and O–H groups in total. The number of aliphatic hydroxyl groups is 1. The molecule has 0 fully saturated rings. The highest BCUT2D eigenvalue weighted by atomic mass is 32.2. The van der Waals surface area contributed by atoms with Crippen LogP contribution in [0.2, 0.25) is 0 Å². The molecule has 0 unspecified atom stereocenters. The summed E-state index contributed by atoms with van der Waals surface area (Å²) in [7, 11) is -1.15. The van der Waals surface area contributed by atoms with Crippen molar-refractivity contribution in [3.63, 3.8) is 0 Å². The molecular formula is C33H38FNO6S. The van der Waals surface area contributed by atoms with Gasteiger partial charge in [-0.1, -0.05) is 12.1 Å². The van der Waals surface area contributed by atoms with Crippen LogP contribution in [0.4, 0.5) is 4.39 Å². The summed E-state index contributed by atoms with van der Waals surface area (Å²) >= 11 is 0. The molecule has 0 aliphatic heterocycles. The van der Waals surface area contributed by atoms with E-state index in [-0.39, 0.29) is 37.7 Å². The number of nitrogens with zero attached hydrogens (tertiary/aromatic N) is 1. The molecule has 0 amide bonds. The van der Waals surface area contributed by atoms with E-state index in [1.165, 1.54) is 0 Å².